The SMILES string of the molecule is C=C(C)C1(C)CCN(C)CC1. The van der Waals surface area contributed by atoms with Gasteiger partial charge in [-0.25, -0.2) is 0 Å². The van der Waals surface area contributed by atoms with Crippen molar-refractivity contribution < 1.29 is 0 Å². The first kappa shape index (κ1) is 8.79. The second kappa shape index (κ2) is 2.98. The van der Waals surface area contributed by atoms with Crippen molar-refractivity contribution in [3.05, 3.63) is 12.2 Å². The Balaban J connectivity index is 2.55. The van der Waals surface area contributed by atoms with Crippen LogP contribution in [0.1, 0.15) is 26.7 Å². The number of allylic oxidation sites excluding steroid dienone is 1. The molecule has 1 heterocycles. The van der Waals surface area contributed by atoms with Gasteiger partial charge in [-0.1, -0.05) is 19.1 Å². The van der Waals surface area contributed by atoms with Crippen LogP contribution in [0.25, 0.3) is 0 Å². The van der Waals surface area contributed by atoms with E-state index in [9.17, 15) is 0 Å². The van der Waals surface area contributed by atoms with Crippen molar-refractivity contribution in [3.63, 3.8) is 0 Å². The van der Waals surface area contributed by atoms with Crippen molar-refractivity contribution in [3.8, 4) is 0 Å². The zero-order chi connectivity index (χ0) is 8.48. The maximum Gasteiger partial charge on any atom is -0.00135 e. The van der Waals surface area contributed by atoms with Gasteiger partial charge in [0.15, 0.2) is 0 Å². The van der Waals surface area contributed by atoms with Gasteiger partial charge >= 0.3 is 0 Å². The minimum Gasteiger partial charge on any atom is -0.306 e. The van der Waals surface area contributed by atoms with Crippen LogP contribution in [-0.4, -0.2) is 25.0 Å². The molecule has 0 aliphatic carbocycles. The smallest absolute Gasteiger partial charge is 0.00135 e. The molecule has 64 valence electrons. The van der Waals surface area contributed by atoms with E-state index in [1.807, 2.05) is 0 Å². The fraction of sp³-hybridized carbons (Fsp3) is 0.800. The molecule has 0 amide bonds. The van der Waals surface area contributed by atoms with E-state index in [2.05, 4.69) is 32.4 Å². The molecule has 0 aromatic rings. The standard InChI is InChI=1S/C10H19N/c1-9(2)10(3)5-7-11(4)8-6-10/h1,5-8H2,2-4H3. The summed E-state index contributed by atoms with van der Waals surface area (Å²) < 4.78 is 0. The number of nitrogens with zero attached hydrogens (tertiary/aromatic N) is 1. The maximum absolute atomic E-state index is 4.06. The van der Waals surface area contributed by atoms with Crippen LogP contribution in [0.2, 0.25) is 0 Å². The fourth-order valence-electron chi connectivity index (χ4n) is 1.54. The van der Waals surface area contributed by atoms with Gasteiger partial charge in [0.2, 0.25) is 0 Å². The minimum absolute atomic E-state index is 0.423. The number of hydrogen-bond donors (Lipinski definition) is 0. The number of rotatable bonds is 1. The van der Waals surface area contributed by atoms with Crippen molar-refractivity contribution in [2.24, 2.45) is 5.41 Å². The van der Waals surface area contributed by atoms with Gasteiger partial charge in [-0.15, -0.1) is 0 Å². The number of hydrogen-bond acceptors (Lipinski definition) is 1. The van der Waals surface area contributed by atoms with E-state index >= 15 is 0 Å². The predicted molar refractivity (Wildman–Crippen MR) is 49.7 cm³/mol. The van der Waals surface area contributed by atoms with Gasteiger partial charge in [0.25, 0.3) is 0 Å². The summed E-state index contributed by atoms with van der Waals surface area (Å²) in [4.78, 5) is 2.39. The topological polar surface area (TPSA) is 3.24 Å². The Morgan fingerprint density at radius 3 is 2.18 bits per heavy atom. The Bertz CT molecular complexity index is 152. The average Bonchev–Trinajstić information content (AvgIpc) is 1.95. The van der Waals surface area contributed by atoms with E-state index in [4.69, 9.17) is 0 Å². The number of likely N-dealkylation sites (tertiary alicyclic amines) is 1. The van der Waals surface area contributed by atoms with E-state index in [0.717, 1.165) is 0 Å². The summed E-state index contributed by atoms with van der Waals surface area (Å²) in [7, 11) is 2.19. The lowest BCUT2D eigenvalue weighted by Gasteiger charge is -2.38. The summed E-state index contributed by atoms with van der Waals surface area (Å²) in [6, 6.07) is 0. The minimum atomic E-state index is 0.423. The third-order valence-electron chi connectivity index (χ3n) is 3.12. The van der Waals surface area contributed by atoms with Crippen molar-refractivity contribution in [2.45, 2.75) is 26.7 Å². The molecule has 0 aromatic carbocycles. The molecule has 1 heteroatoms. The highest BCUT2D eigenvalue weighted by atomic mass is 15.1. The van der Waals surface area contributed by atoms with Crippen LogP contribution in [0, 0.1) is 5.41 Å². The molecule has 0 N–H and O–H groups in total. The molecular formula is C10H19N. The van der Waals surface area contributed by atoms with Gasteiger partial charge in [0.1, 0.15) is 0 Å². The lowest BCUT2D eigenvalue weighted by molar-refractivity contribution is 0.171. The third-order valence-corrected chi connectivity index (χ3v) is 3.12. The Labute approximate surface area is 70.1 Å². The Morgan fingerprint density at radius 1 is 1.36 bits per heavy atom. The lowest BCUT2D eigenvalue weighted by atomic mass is 9.75. The first-order valence-corrected chi connectivity index (χ1v) is 4.39. The van der Waals surface area contributed by atoms with Gasteiger partial charge in [-0.3, -0.25) is 0 Å². The monoisotopic (exact) mass is 153 g/mol. The largest absolute Gasteiger partial charge is 0.306 e. The van der Waals surface area contributed by atoms with Crippen molar-refractivity contribution in [2.75, 3.05) is 20.1 Å². The molecule has 1 aliphatic rings. The molecule has 1 fully saturated rings. The first-order valence-electron chi connectivity index (χ1n) is 4.39. The van der Waals surface area contributed by atoms with Gasteiger partial charge in [-0.2, -0.15) is 0 Å². The lowest BCUT2D eigenvalue weighted by Crippen LogP contribution is -2.36. The summed E-state index contributed by atoms with van der Waals surface area (Å²) in [5, 5.41) is 0. The second-order valence-corrected chi connectivity index (χ2v) is 4.14. The Morgan fingerprint density at radius 2 is 1.82 bits per heavy atom. The van der Waals surface area contributed by atoms with Crippen LogP contribution in [0.4, 0.5) is 0 Å². The third kappa shape index (κ3) is 1.84. The maximum atomic E-state index is 4.06. The Kier molecular flexibility index (Phi) is 2.38. The Hall–Kier alpha value is -0.300. The van der Waals surface area contributed by atoms with Crippen LogP contribution in [-0.2, 0) is 0 Å². The van der Waals surface area contributed by atoms with Crippen molar-refractivity contribution in [1.29, 1.82) is 0 Å². The highest BCUT2D eigenvalue weighted by Gasteiger charge is 2.28. The molecule has 1 rings (SSSR count). The van der Waals surface area contributed by atoms with Crippen molar-refractivity contribution in [1.82, 2.24) is 4.90 Å². The van der Waals surface area contributed by atoms with Gasteiger partial charge in [0, 0.05) is 0 Å². The zero-order valence-corrected chi connectivity index (χ0v) is 7.98. The number of piperidine rings is 1. The van der Waals surface area contributed by atoms with Crippen LogP contribution >= 0.6 is 0 Å². The highest BCUT2D eigenvalue weighted by Crippen LogP contribution is 2.36. The molecule has 1 aliphatic heterocycles. The van der Waals surface area contributed by atoms with Gasteiger partial charge < -0.3 is 4.90 Å². The van der Waals surface area contributed by atoms with E-state index in [-0.39, 0.29) is 0 Å². The van der Waals surface area contributed by atoms with E-state index in [1.54, 1.807) is 0 Å². The summed E-state index contributed by atoms with van der Waals surface area (Å²) in [5.41, 5.74) is 1.78. The van der Waals surface area contributed by atoms with Crippen LogP contribution in [0.15, 0.2) is 12.2 Å². The molecule has 0 spiro atoms. The predicted octanol–water partition coefficient (Wildman–Crippen LogP) is 2.29. The summed E-state index contributed by atoms with van der Waals surface area (Å²) in [6.45, 7) is 11.0. The first-order chi connectivity index (χ1) is 5.04. The van der Waals surface area contributed by atoms with Crippen LogP contribution in [0.3, 0.4) is 0 Å². The van der Waals surface area contributed by atoms with E-state index < -0.39 is 0 Å². The summed E-state index contributed by atoms with van der Waals surface area (Å²) in [6.07, 6.45) is 2.55. The summed E-state index contributed by atoms with van der Waals surface area (Å²) in [5.74, 6) is 0. The molecule has 0 bridgehead atoms. The second-order valence-electron chi connectivity index (χ2n) is 4.14. The molecule has 0 aromatic heterocycles. The molecule has 0 saturated carbocycles. The van der Waals surface area contributed by atoms with Crippen LogP contribution in [0.5, 0.6) is 0 Å². The molecule has 1 saturated heterocycles. The molecule has 0 atom stereocenters. The fourth-order valence-corrected chi connectivity index (χ4v) is 1.54. The van der Waals surface area contributed by atoms with Crippen molar-refractivity contribution >= 4 is 0 Å². The summed E-state index contributed by atoms with van der Waals surface area (Å²) >= 11 is 0. The molecule has 0 radical (unpaired) electrons. The molecular weight excluding hydrogens is 134 g/mol. The van der Waals surface area contributed by atoms with E-state index in [0.29, 0.717) is 5.41 Å². The highest BCUT2D eigenvalue weighted by molar-refractivity contribution is 5.07. The average molecular weight is 153 g/mol. The molecule has 1 nitrogen and oxygen atoms in total. The molecule has 11 heavy (non-hydrogen) atoms. The van der Waals surface area contributed by atoms with Crippen LogP contribution < -0.4 is 0 Å². The van der Waals surface area contributed by atoms with Gasteiger partial charge in [0.05, 0.1) is 0 Å². The van der Waals surface area contributed by atoms with E-state index in [1.165, 1.54) is 31.5 Å². The quantitative estimate of drug-likeness (QED) is 0.522. The normalized spacial score (nSPS) is 25.0. The molecule has 0 unspecified atom stereocenters. The zero-order valence-electron chi connectivity index (χ0n) is 7.98. The van der Waals surface area contributed by atoms with Gasteiger partial charge in [-0.05, 0) is 45.3 Å².